The monoisotopic (exact) mass is 237 g/mol. The van der Waals surface area contributed by atoms with Gasteiger partial charge in [0, 0.05) is 19.1 Å². The Morgan fingerprint density at radius 2 is 1.47 bits per heavy atom. The Kier molecular flexibility index (Phi) is 4.52. The molecular formula is C16H31N. The lowest BCUT2D eigenvalue weighted by Gasteiger charge is -2.41. The highest BCUT2D eigenvalue weighted by molar-refractivity contribution is 4.82. The van der Waals surface area contributed by atoms with Gasteiger partial charge >= 0.3 is 0 Å². The van der Waals surface area contributed by atoms with Crippen LogP contribution in [-0.2, 0) is 0 Å². The van der Waals surface area contributed by atoms with E-state index in [0.29, 0.717) is 0 Å². The lowest BCUT2D eigenvalue weighted by atomic mass is 9.76. The number of rotatable bonds is 2. The highest BCUT2D eigenvalue weighted by atomic mass is 15.2. The van der Waals surface area contributed by atoms with Crippen molar-refractivity contribution in [1.82, 2.24) is 4.90 Å². The summed E-state index contributed by atoms with van der Waals surface area (Å²) in [4.78, 5) is 2.78. The first kappa shape index (κ1) is 13.4. The maximum absolute atomic E-state index is 2.78. The average Bonchev–Trinajstić information content (AvgIpc) is 2.22. The second-order valence-electron chi connectivity index (χ2n) is 7.27. The molecule has 1 heteroatoms. The van der Waals surface area contributed by atoms with Crippen LogP contribution in [0.2, 0.25) is 0 Å². The van der Waals surface area contributed by atoms with Crippen molar-refractivity contribution >= 4 is 0 Å². The largest absolute Gasteiger partial charge is 0.300 e. The summed E-state index contributed by atoms with van der Waals surface area (Å²) in [6.45, 7) is 12.5. The number of hydrogen-bond acceptors (Lipinski definition) is 1. The molecule has 0 aromatic carbocycles. The van der Waals surface area contributed by atoms with E-state index < -0.39 is 0 Å². The third-order valence-corrected chi connectivity index (χ3v) is 5.02. The van der Waals surface area contributed by atoms with E-state index in [-0.39, 0.29) is 0 Å². The summed E-state index contributed by atoms with van der Waals surface area (Å²) >= 11 is 0. The molecule has 1 nitrogen and oxygen atoms in total. The third-order valence-electron chi connectivity index (χ3n) is 5.02. The van der Waals surface area contributed by atoms with Gasteiger partial charge in [-0.15, -0.1) is 0 Å². The Morgan fingerprint density at radius 1 is 0.824 bits per heavy atom. The minimum absolute atomic E-state index is 0.832. The normalized spacial score (nSPS) is 44.8. The molecular weight excluding hydrogens is 206 g/mol. The van der Waals surface area contributed by atoms with Crippen LogP contribution in [0.4, 0.5) is 0 Å². The van der Waals surface area contributed by atoms with E-state index in [0.717, 1.165) is 29.7 Å². The number of likely N-dealkylation sites (tertiary alicyclic amines) is 1. The van der Waals surface area contributed by atoms with Crippen molar-refractivity contribution in [2.45, 2.75) is 65.8 Å². The van der Waals surface area contributed by atoms with Crippen molar-refractivity contribution in [2.75, 3.05) is 13.1 Å². The van der Waals surface area contributed by atoms with Crippen LogP contribution in [0.5, 0.6) is 0 Å². The van der Waals surface area contributed by atoms with Crippen molar-refractivity contribution in [2.24, 2.45) is 23.7 Å². The Labute approximate surface area is 108 Å². The molecule has 0 radical (unpaired) electrons. The van der Waals surface area contributed by atoms with Crippen LogP contribution in [0.15, 0.2) is 0 Å². The van der Waals surface area contributed by atoms with Crippen molar-refractivity contribution in [3.8, 4) is 0 Å². The van der Waals surface area contributed by atoms with Gasteiger partial charge in [0.25, 0.3) is 0 Å². The predicted molar refractivity (Wildman–Crippen MR) is 75.1 cm³/mol. The van der Waals surface area contributed by atoms with Crippen LogP contribution in [0, 0.1) is 23.7 Å². The van der Waals surface area contributed by atoms with Gasteiger partial charge in [-0.2, -0.15) is 0 Å². The zero-order valence-electron chi connectivity index (χ0n) is 12.3. The summed E-state index contributed by atoms with van der Waals surface area (Å²) < 4.78 is 0. The molecule has 0 spiro atoms. The maximum atomic E-state index is 2.78. The van der Waals surface area contributed by atoms with Gasteiger partial charge < -0.3 is 4.90 Å². The van der Waals surface area contributed by atoms with E-state index in [4.69, 9.17) is 0 Å². The average molecular weight is 237 g/mol. The molecule has 2 fully saturated rings. The Balaban J connectivity index is 1.86. The molecule has 0 amide bonds. The van der Waals surface area contributed by atoms with E-state index in [1.54, 1.807) is 0 Å². The molecule has 4 unspecified atom stereocenters. The molecule has 0 bridgehead atoms. The molecule has 17 heavy (non-hydrogen) atoms. The maximum Gasteiger partial charge on any atom is 0.00672 e. The Hall–Kier alpha value is -0.0400. The topological polar surface area (TPSA) is 3.24 Å². The van der Waals surface area contributed by atoms with Crippen LogP contribution in [0.25, 0.3) is 0 Å². The molecule has 1 heterocycles. The molecule has 2 rings (SSSR count). The summed E-state index contributed by atoms with van der Waals surface area (Å²) in [6.07, 6.45) is 7.26. The summed E-state index contributed by atoms with van der Waals surface area (Å²) in [5.41, 5.74) is 0. The first-order valence-electron chi connectivity index (χ1n) is 7.78. The number of hydrogen-bond donors (Lipinski definition) is 0. The first-order valence-corrected chi connectivity index (χ1v) is 7.78. The third kappa shape index (κ3) is 3.71. The quantitative estimate of drug-likeness (QED) is 0.696. The molecule has 0 aromatic heterocycles. The lowest BCUT2D eigenvalue weighted by molar-refractivity contribution is 0.0799. The van der Waals surface area contributed by atoms with Crippen molar-refractivity contribution in [3.63, 3.8) is 0 Å². The van der Waals surface area contributed by atoms with E-state index >= 15 is 0 Å². The lowest BCUT2D eigenvalue weighted by Crippen LogP contribution is -2.44. The zero-order valence-corrected chi connectivity index (χ0v) is 12.3. The molecule has 1 saturated carbocycles. The van der Waals surface area contributed by atoms with Gasteiger partial charge in [0.05, 0.1) is 0 Å². The van der Waals surface area contributed by atoms with Gasteiger partial charge in [-0.05, 0) is 62.7 Å². The molecule has 1 aliphatic carbocycles. The van der Waals surface area contributed by atoms with Crippen LogP contribution in [0.1, 0.15) is 59.8 Å². The fraction of sp³-hybridized carbons (Fsp3) is 1.00. The minimum Gasteiger partial charge on any atom is -0.300 e. The SMILES string of the molecule is CC1CC(C)CC(CN2CC(C)CCC2C)C1. The van der Waals surface area contributed by atoms with Gasteiger partial charge in [-0.1, -0.05) is 20.8 Å². The molecule has 1 aliphatic heterocycles. The van der Waals surface area contributed by atoms with Crippen molar-refractivity contribution < 1.29 is 0 Å². The minimum atomic E-state index is 0.832. The van der Waals surface area contributed by atoms with Gasteiger partial charge in [0.2, 0.25) is 0 Å². The Bertz CT molecular complexity index is 228. The highest BCUT2D eigenvalue weighted by Gasteiger charge is 2.29. The smallest absolute Gasteiger partial charge is 0.00672 e. The van der Waals surface area contributed by atoms with Crippen molar-refractivity contribution in [1.29, 1.82) is 0 Å². The number of piperidine rings is 1. The summed E-state index contributed by atoms with van der Waals surface area (Å²) in [5.74, 6) is 3.81. The fourth-order valence-corrected chi connectivity index (χ4v) is 4.23. The predicted octanol–water partition coefficient (Wildman–Crippen LogP) is 4.18. The molecule has 1 saturated heterocycles. The van der Waals surface area contributed by atoms with Crippen molar-refractivity contribution in [3.05, 3.63) is 0 Å². The second-order valence-corrected chi connectivity index (χ2v) is 7.27. The second kappa shape index (κ2) is 5.73. The summed E-state index contributed by atoms with van der Waals surface area (Å²) in [6, 6.07) is 0.832. The van der Waals surface area contributed by atoms with Crippen LogP contribution in [-0.4, -0.2) is 24.0 Å². The van der Waals surface area contributed by atoms with Gasteiger partial charge in [-0.3, -0.25) is 0 Å². The molecule has 4 atom stereocenters. The highest BCUT2D eigenvalue weighted by Crippen LogP contribution is 2.34. The number of nitrogens with zero attached hydrogens (tertiary/aromatic N) is 1. The standard InChI is InChI=1S/C16H31N/c1-12-5-6-15(4)17(10-12)11-16-8-13(2)7-14(3)9-16/h12-16H,5-11H2,1-4H3. The summed E-state index contributed by atoms with van der Waals surface area (Å²) in [5, 5.41) is 0. The van der Waals surface area contributed by atoms with E-state index in [9.17, 15) is 0 Å². The summed E-state index contributed by atoms with van der Waals surface area (Å²) in [7, 11) is 0. The van der Waals surface area contributed by atoms with Crippen LogP contribution >= 0.6 is 0 Å². The first-order chi connectivity index (χ1) is 8.04. The molecule has 100 valence electrons. The van der Waals surface area contributed by atoms with E-state index in [2.05, 4.69) is 32.6 Å². The molecule has 0 aromatic rings. The molecule has 0 N–H and O–H groups in total. The van der Waals surface area contributed by atoms with Gasteiger partial charge in [-0.25, -0.2) is 0 Å². The van der Waals surface area contributed by atoms with E-state index in [1.165, 1.54) is 45.2 Å². The zero-order chi connectivity index (χ0) is 12.4. The van der Waals surface area contributed by atoms with Crippen LogP contribution < -0.4 is 0 Å². The molecule has 2 aliphatic rings. The van der Waals surface area contributed by atoms with E-state index in [1.807, 2.05) is 0 Å². The fourth-order valence-electron chi connectivity index (χ4n) is 4.23. The Morgan fingerprint density at radius 3 is 2.12 bits per heavy atom. The van der Waals surface area contributed by atoms with Gasteiger partial charge in [0.1, 0.15) is 0 Å². The van der Waals surface area contributed by atoms with Crippen LogP contribution in [0.3, 0.4) is 0 Å². The van der Waals surface area contributed by atoms with Gasteiger partial charge in [0.15, 0.2) is 0 Å².